The molecule has 0 saturated heterocycles. The Bertz CT molecular complexity index is 1010. The molecule has 0 spiro atoms. The molecule has 0 saturated carbocycles. The standard InChI is InChI=1S/C20H21N5O2S/c1-25-15(8-10-23-25)18(26)24-20-17(14-6-2-3-7-16(14)28-20)19(27)22-12-13-5-4-9-21-11-13/h4-5,8-11H,2-3,6-7,12H2,1H3,(H,22,27)(H,24,26). The molecule has 0 unspecified atom stereocenters. The highest BCUT2D eigenvalue weighted by Crippen LogP contribution is 2.38. The molecule has 8 heteroatoms. The van der Waals surface area contributed by atoms with E-state index in [9.17, 15) is 9.59 Å². The zero-order valence-corrected chi connectivity index (χ0v) is 16.4. The average molecular weight is 395 g/mol. The van der Waals surface area contributed by atoms with Gasteiger partial charge >= 0.3 is 0 Å². The van der Waals surface area contributed by atoms with Gasteiger partial charge in [-0.2, -0.15) is 5.10 Å². The van der Waals surface area contributed by atoms with Gasteiger partial charge in [0.25, 0.3) is 11.8 Å². The summed E-state index contributed by atoms with van der Waals surface area (Å²) >= 11 is 1.51. The fourth-order valence-electron chi connectivity index (χ4n) is 3.43. The average Bonchev–Trinajstić information content (AvgIpc) is 3.30. The third-order valence-electron chi connectivity index (χ3n) is 4.85. The van der Waals surface area contributed by atoms with E-state index >= 15 is 0 Å². The molecular weight excluding hydrogens is 374 g/mol. The lowest BCUT2D eigenvalue weighted by atomic mass is 9.95. The Morgan fingerprint density at radius 2 is 2.04 bits per heavy atom. The topological polar surface area (TPSA) is 88.9 Å². The Hall–Kier alpha value is -3.00. The number of aromatic nitrogens is 3. The van der Waals surface area contributed by atoms with E-state index in [-0.39, 0.29) is 11.8 Å². The largest absolute Gasteiger partial charge is 0.348 e. The lowest BCUT2D eigenvalue weighted by molar-refractivity contribution is 0.0951. The van der Waals surface area contributed by atoms with Gasteiger partial charge in [-0.15, -0.1) is 11.3 Å². The smallest absolute Gasteiger partial charge is 0.274 e. The van der Waals surface area contributed by atoms with Crippen LogP contribution in [0.4, 0.5) is 5.00 Å². The second-order valence-electron chi connectivity index (χ2n) is 6.75. The van der Waals surface area contributed by atoms with Crippen LogP contribution < -0.4 is 10.6 Å². The maximum Gasteiger partial charge on any atom is 0.274 e. The molecule has 1 aliphatic rings. The Balaban J connectivity index is 1.59. The molecule has 2 amide bonds. The van der Waals surface area contributed by atoms with Crippen LogP contribution in [0, 0.1) is 0 Å². The van der Waals surface area contributed by atoms with Crippen LogP contribution in [0.15, 0.2) is 36.8 Å². The Labute approximate surface area is 166 Å². The molecule has 7 nitrogen and oxygen atoms in total. The normalized spacial score (nSPS) is 13.0. The number of amides is 2. The molecule has 0 atom stereocenters. The summed E-state index contributed by atoms with van der Waals surface area (Å²) < 4.78 is 1.52. The molecule has 3 aromatic heterocycles. The van der Waals surface area contributed by atoms with Crippen molar-refractivity contribution in [1.82, 2.24) is 20.1 Å². The van der Waals surface area contributed by atoms with Crippen molar-refractivity contribution in [2.24, 2.45) is 7.05 Å². The Morgan fingerprint density at radius 1 is 1.18 bits per heavy atom. The molecule has 144 valence electrons. The quantitative estimate of drug-likeness (QED) is 0.695. The van der Waals surface area contributed by atoms with E-state index in [4.69, 9.17) is 0 Å². The van der Waals surface area contributed by atoms with Crippen LogP contribution in [0.5, 0.6) is 0 Å². The first-order chi connectivity index (χ1) is 13.6. The maximum atomic E-state index is 13.0. The van der Waals surface area contributed by atoms with E-state index in [0.29, 0.717) is 22.8 Å². The third kappa shape index (κ3) is 3.68. The van der Waals surface area contributed by atoms with Gasteiger partial charge in [0.1, 0.15) is 10.7 Å². The van der Waals surface area contributed by atoms with Gasteiger partial charge < -0.3 is 10.6 Å². The first-order valence-corrected chi connectivity index (χ1v) is 10.1. The number of hydrogen-bond acceptors (Lipinski definition) is 5. The fourth-order valence-corrected chi connectivity index (χ4v) is 4.71. The minimum Gasteiger partial charge on any atom is -0.348 e. The van der Waals surface area contributed by atoms with Crippen molar-refractivity contribution in [1.29, 1.82) is 0 Å². The number of carbonyl (C=O) groups excluding carboxylic acids is 2. The number of hydrogen-bond donors (Lipinski definition) is 2. The van der Waals surface area contributed by atoms with Gasteiger partial charge in [-0.1, -0.05) is 6.07 Å². The van der Waals surface area contributed by atoms with Gasteiger partial charge in [0.15, 0.2) is 0 Å². The summed E-state index contributed by atoms with van der Waals surface area (Å²) in [7, 11) is 1.72. The fraction of sp³-hybridized carbons (Fsp3) is 0.300. The summed E-state index contributed by atoms with van der Waals surface area (Å²) in [6, 6.07) is 5.42. The molecule has 0 radical (unpaired) electrons. The second-order valence-corrected chi connectivity index (χ2v) is 7.86. The molecule has 4 rings (SSSR count). The van der Waals surface area contributed by atoms with Crippen LogP contribution in [-0.2, 0) is 26.4 Å². The molecule has 3 heterocycles. The molecule has 0 aromatic carbocycles. The van der Waals surface area contributed by atoms with E-state index in [1.165, 1.54) is 20.9 Å². The number of aryl methyl sites for hydroxylation is 2. The summed E-state index contributed by atoms with van der Waals surface area (Å²) in [5.41, 5.74) is 3.05. The van der Waals surface area contributed by atoms with Gasteiger partial charge in [0.2, 0.25) is 0 Å². The Kier molecular flexibility index (Phi) is 5.21. The number of anilines is 1. The lowest BCUT2D eigenvalue weighted by Crippen LogP contribution is -2.26. The molecule has 2 N–H and O–H groups in total. The number of nitrogens with zero attached hydrogens (tertiary/aromatic N) is 3. The first-order valence-electron chi connectivity index (χ1n) is 9.24. The van der Waals surface area contributed by atoms with Crippen LogP contribution in [0.1, 0.15) is 49.7 Å². The van der Waals surface area contributed by atoms with Crippen molar-refractivity contribution in [2.45, 2.75) is 32.2 Å². The zero-order valence-electron chi connectivity index (χ0n) is 15.6. The Morgan fingerprint density at radius 3 is 2.79 bits per heavy atom. The van der Waals surface area contributed by atoms with Crippen molar-refractivity contribution in [3.05, 3.63) is 64.1 Å². The van der Waals surface area contributed by atoms with Crippen molar-refractivity contribution in [3.8, 4) is 0 Å². The van der Waals surface area contributed by atoms with Crippen LogP contribution in [-0.4, -0.2) is 26.6 Å². The molecule has 0 fully saturated rings. The number of pyridine rings is 1. The predicted octanol–water partition coefficient (Wildman–Crippen LogP) is 2.94. The van der Waals surface area contributed by atoms with E-state index in [1.54, 1.807) is 31.7 Å². The van der Waals surface area contributed by atoms with Crippen LogP contribution in [0.25, 0.3) is 0 Å². The van der Waals surface area contributed by atoms with Gasteiger partial charge in [0, 0.05) is 37.1 Å². The van der Waals surface area contributed by atoms with Crippen molar-refractivity contribution in [2.75, 3.05) is 5.32 Å². The highest BCUT2D eigenvalue weighted by atomic mass is 32.1. The van der Waals surface area contributed by atoms with E-state index in [0.717, 1.165) is 36.8 Å². The zero-order chi connectivity index (χ0) is 19.5. The van der Waals surface area contributed by atoms with Gasteiger partial charge in [-0.25, -0.2) is 0 Å². The highest BCUT2D eigenvalue weighted by molar-refractivity contribution is 7.17. The van der Waals surface area contributed by atoms with Crippen LogP contribution in [0.2, 0.25) is 0 Å². The number of rotatable bonds is 5. The van der Waals surface area contributed by atoms with Crippen LogP contribution in [0.3, 0.4) is 0 Å². The lowest BCUT2D eigenvalue weighted by Gasteiger charge is -2.13. The molecular formula is C20H21N5O2S. The van der Waals surface area contributed by atoms with Crippen molar-refractivity contribution in [3.63, 3.8) is 0 Å². The first kappa shape index (κ1) is 18.4. The number of thiophene rings is 1. The number of nitrogens with one attached hydrogen (secondary N) is 2. The van der Waals surface area contributed by atoms with E-state index < -0.39 is 0 Å². The van der Waals surface area contributed by atoms with Crippen molar-refractivity contribution < 1.29 is 9.59 Å². The summed E-state index contributed by atoms with van der Waals surface area (Å²) in [5, 5.41) is 10.6. The minimum atomic E-state index is -0.264. The minimum absolute atomic E-state index is 0.163. The van der Waals surface area contributed by atoms with E-state index in [2.05, 4.69) is 20.7 Å². The summed E-state index contributed by atoms with van der Waals surface area (Å²) in [5.74, 6) is -0.427. The molecule has 0 bridgehead atoms. The summed E-state index contributed by atoms with van der Waals surface area (Å²) in [4.78, 5) is 30.9. The summed E-state index contributed by atoms with van der Waals surface area (Å²) in [6.07, 6.45) is 8.99. The second kappa shape index (κ2) is 7.93. The maximum absolute atomic E-state index is 13.0. The molecule has 1 aliphatic carbocycles. The van der Waals surface area contributed by atoms with Crippen LogP contribution >= 0.6 is 11.3 Å². The highest BCUT2D eigenvalue weighted by Gasteiger charge is 2.27. The molecule has 3 aromatic rings. The van der Waals surface area contributed by atoms with Gasteiger partial charge in [-0.05, 0) is 48.9 Å². The number of carbonyl (C=O) groups is 2. The SMILES string of the molecule is Cn1nccc1C(=O)Nc1sc2c(c1C(=O)NCc1cccnc1)CCCC2. The third-order valence-corrected chi connectivity index (χ3v) is 6.06. The van der Waals surface area contributed by atoms with Gasteiger partial charge in [-0.3, -0.25) is 19.3 Å². The monoisotopic (exact) mass is 395 g/mol. The molecule has 0 aliphatic heterocycles. The molecule has 28 heavy (non-hydrogen) atoms. The number of fused-ring (bicyclic) bond motifs is 1. The predicted molar refractivity (Wildman–Crippen MR) is 108 cm³/mol. The van der Waals surface area contributed by atoms with E-state index in [1.807, 2.05) is 12.1 Å². The van der Waals surface area contributed by atoms with Crippen molar-refractivity contribution >= 4 is 28.2 Å². The summed E-state index contributed by atoms with van der Waals surface area (Å²) in [6.45, 7) is 0.395. The van der Waals surface area contributed by atoms with Gasteiger partial charge in [0.05, 0.1) is 5.56 Å².